The van der Waals surface area contributed by atoms with Crippen molar-refractivity contribution in [1.82, 2.24) is 5.32 Å². The number of rotatable bonds is 4. The quantitative estimate of drug-likeness (QED) is 0.942. The second-order valence-electron chi connectivity index (χ2n) is 5.82. The topological polar surface area (TPSA) is 46.2 Å². The number of nitrogens with one attached hydrogen (secondary N) is 1. The van der Waals surface area contributed by atoms with Gasteiger partial charge in [0.25, 0.3) is 0 Å². The smallest absolute Gasteiger partial charge is 0.206 e. The highest BCUT2D eigenvalue weighted by Gasteiger charge is 2.24. The summed E-state index contributed by atoms with van der Waals surface area (Å²) in [4.78, 5) is 0.761. The Kier molecular flexibility index (Phi) is 4.32. The van der Waals surface area contributed by atoms with Crippen LogP contribution in [0.2, 0.25) is 0 Å². The molecule has 1 aliphatic carbocycles. The average Bonchev–Trinajstić information content (AvgIpc) is 2.56. The second-order valence-corrected chi connectivity index (χ2v) is 7.77. The molecule has 0 unspecified atom stereocenters. The molecule has 1 aliphatic rings. The fourth-order valence-corrected chi connectivity index (χ4v) is 4.55. The van der Waals surface area contributed by atoms with E-state index in [1.165, 1.54) is 17.5 Å². The maximum atomic E-state index is 12.8. The molecule has 0 fully saturated rings. The van der Waals surface area contributed by atoms with Crippen LogP contribution in [0.4, 0.5) is 0 Å². The van der Waals surface area contributed by atoms with Crippen LogP contribution in [0.25, 0.3) is 0 Å². The third kappa shape index (κ3) is 2.81. The predicted molar refractivity (Wildman–Crippen MR) is 87.9 cm³/mol. The summed E-state index contributed by atoms with van der Waals surface area (Å²) < 4.78 is 25.5. The molecule has 116 valence electrons. The van der Waals surface area contributed by atoms with Gasteiger partial charge in [0.05, 0.1) is 9.79 Å². The number of fused-ring (bicyclic) bond motifs is 1. The van der Waals surface area contributed by atoms with E-state index in [9.17, 15) is 8.42 Å². The molecule has 0 bridgehead atoms. The summed E-state index contributed by atoms with van der Waals surface area (Å²) in [6, 6.07) is 14.3. The van der Waals surface area contributed by atoms with Crippen molar-refractivity contribution < 1.29 is 8.42 Å². The second kappa shape index (κ2) is 6.23. The summed E-state index contributed by atoms with van der Waals surface area (Å²) in [6.07, 6.45) is 3.33. The molecule has 0 radical (unpaired) electrons. The highest BCUT2D eigenvalue weighted by molar-refractivity contribution is 7.91. The number of aryl methyl sites for hydroxylation is 1. The van der Waals surface area contributed by atoms with Crippen molar-refractivity contribution in [3.05, 3.63) is 59.7 Å². The first-order valence-corrected chi connectivity index (χ1v) is 9.19. The van der Waals surface area contributed by atoms with Crippen LogP contribution in [0.3, 0.4) is 0 Å². The lowest BCUT2D eigenvalue weighted by molar-refractivity contribution is 0.527. The van der Waals surface area contributed by atoms with Crippen molar-refractivity contribution in [3.8, 4) is 0 Å². The van der Waals surface area contributed by atoms with Crippen LogP contribution in [0, 0.1) is 0 Å². The summed E-state index contributed by atoms with van der Waals surface area (Å²) >= 11 is 0. The fourth-order valence-electron chi connectivity index (χ4n) is 3.24. The molecule has 3 rings (SSSR count). The largest absolute Gasteiger partial charge is 0.319 e. The van der Waals surface area contributed by atoms with Crippen LogP contribution >= 0.6 is 0 Å². The van der Waals surface area contributed by atoms with E-state index in [1.54, 1.807) is 30.3 Å². The van der Waals surface area contributed by atoms with Gasteiger partial charge in [-0.25, -0.2) is 8.42 Å². The number of benzene rings is 2. The Morgan fingerprint density at radius 1 is 1.09 bits per heavy atom. The van der Waals surface area contributed by atoms with Crippen LogP contribution < -0.4 is 5.32 Å². The van der Waals surface area contributed by atoms with Crippen molar-refractivity contribution in [3.63, 3.8) is 0 Å². The molecule has 0 aromatic heterocycles. The highest BCUT2D eigenvalue weighted by Crippen LogP contribution is 2.34. The van der Waals surface area contributed by atoms with Gasteiger partial charge in [0.2, 0.25) is 9.84 Å². The van der Waals surface area contributed by atoms with E-state index in [0.29, 0.717) is 15.7 Å². The molecule has 3 nitrogen and oxygen atoms in total. The van der Waals surface area contributed by atoms with E-state index in [0.717, 1.165) is 19.4 Å². The molecule has 2 aromatic rings. The zero-order valence-corrected chi connectivity index (χ0v) is 13.6. The molecular weight excluding hydrogens is 294 g/mol. The van der Waals surface area contributed by atoms with Crippen molar-refractivity contribution in [2.75, 3.05) is 13.6 Å². The Labute approximate surface area is 132 Å². The van der Waals surface area contributed by atoms with Gasteiger partial charge >= 0.3 is 0 Å². The highest BCUT2D eigenvalue weighted by atomic mass is 32.2. The Morgan fingerprint density at radius 2 is 1.86 bits per heavy atom. The zero-order chi connectivity index (χ0) is 15.6. The van der Waals surface area contributed by atoms with E-state index < -0.39 is 9.84 Å². The number of hydrogen-bond acceptors (Lipinski definition) is 3. The first-order valence-electron chi connectivity index (χ1n) is 7.70. The Hall–Kier alpha value is -1.65. The molecule has 0 spiro atoms. The monoisotopic (exact) mass is 315 g/mol. The van der Waals surface area contributed by atoms with Gasteiger partial charge in [-0.15, -0.1) is 0 Å². The molecule has 0 saturated carbocycles. The SMILES string of the molecule is CNC[C@@H]1CCCc2ccc(S(=O)(=O)c3ccccc3)cc21. The predicted octanol–water partition coefficient (Wildman–Crippen LogP) is 3.16. The molecular formula is C18H21NO2S. The van der Waals surface area contributed by atoms with Crippen LogP contribution in [-0.2, 0) is 16.3 Å². The van der Waals surface area contributed by atoms with Crippen molar-refractivity contribution >= 4 is 9.84 Å². The lowest BCUT2D eigenvalue weighted by Gasteiger charge is -2.26. The van der Waals surface area contributed by atoms with Gasteiger partial charge in [-0.1, -0.05) is 24.3 Å². The number of likely N-dealkylation sites (N-methyl/N-ethyl adjacent to an activating group) is 1. The maximum Gasteiger partial charge on any atom is 0.206 e. The van der Waals surface area contributed by atoms with Gasteiger partial charge in [0.1, 0.15) is 0 Å². The molecule has 0 amide bonds. The van der Waals surface area contributed by atoms with Crippen molar-refractivity contribution in [2.45, 2.75) is 35.0 Å². The van der Waals surface area contributed by atoms with Gasteiger partial charge < -0.3 is 5.32 Å². The van der Waals surface area contributed by atoms with E-state index in [4.69, 9.17) is 0 Å². The standard InChI is InChI=1S/C18H21NO2S/c1-19-13-15-7-5-6-14-10-11-17(12-18(14)15)22(20,21)16-8-3-2-4-9-16/h2-4,8-12,15,19H,5-7,13H2,1H3/t15-/m0/s1. The van der Waals surface area contributed by atoms with E-state index in [2.05, 4.69) is 5.32 Å². The molecule has 0 heterocycles. The third-order valence-electron chi connectivity index (χ3n) is 4.37. The summed E-state index contributed by atoms with van der Waals surface area (Å²) in [5.74, 6) is 0.402. The summed E-state index contributed by atoms with van der Waals surface area (Å²) in [5, 5.41) is 3.22. The molecule has 1 atom stereocenters. The fraction of sp³-hybridized carbons (Fsp3) is 0.333. The minimum Gasteiger partial charge on any atom is -0.319 e. The molecule has 1 N–H and O–H groups in total. The minimum atomic E-state index is -3.43. The zero-order valence-electron chi connectivity index (χ0n) is 12.7. The van der Waals surface area contributed by atoms with Gasteiger partial charge in [0, 0.05) is 6.54 Å². The normalized spacial score (nSPS) is 18.0. The van der Waals surface area contributed by atoms with Gasteiger partial charge in [0.15, 0.2) is 0 Å². The third-order valence-corrected chi connectivity index (χ3v) is 6.14. The van der Waals surface area contributed by atoms with Crippen LogP contribution in [-0.4, -0.2) is 22.0 Å². The lowest BCUT2D eigenvalue weighted by atomic mass is 9.83. The average molecular weight is 315 g/mol. The summed E-state index contributed by atoms with van der Waals surface area (Å²) in [5.41, 5.74) is 2.48. The van der Waals surface area contributed by atoms with Crippen LogP contribution in [0.15, 0.2) is 58.3 Å². The van der Waals surface area contributed by atoms with Crippen LogP contribution in [0.5, 0.6) is 0 Å². The molecule has 0 aliphatic heterocycles. The van der Waals surface area contributed by atoms with Gasteiger partial charge in [-0.2, -0.15) is 0 Å². The Bertz CT molecular complexity index is 754. The molecule has 22 heavy (non-hydrogen) atoms. The van der Waals surface area contributed by atoms with E-state index in [1.807, 2.05) is 25.2 Å². The van der Waals surface area contributed by atoms with Gasteiger partial charge in [-0.3, -0.25) is 0 Å². The maximum absolute atomic E-state index is 12.8. The first-order chi connectivity index (χ1) is 10.6. The number of sulfone groups is 1. The first kappa shape index (κ1) is 15.3. The van der Waals surface area contributed by atoms with E-state index in [-0.39, 0.29) is 0 Å². The van der Waals surface area contributed by atoms with E-state index >= 15 is 0 Å². The molecule has 0 saturated heterocycles. The Balaban J connectivity index is 2.05. The van der Waals surface area contributed by atoms with Crippen molar-refractivity contribution in [1.29, 1.82) is 0 Å². The summed E-state index contributed by atoms with van der Waals surface area (Å²) in [6.45, 7) is 0.891. The molecule has 4 heteroatoms. The van der Waals surface area contributed by atoms with Gasteiger partial charge in [-0.05, 0) is 67.6 Å². The molecule has 2 aromatic carbocycles. The van der Waals surface area contributed by atoms with Crippen LogP contribution in [0.1, 0.15) is 29.9 Å². The van der Waals surface area contributed by atoms with Crippen molar-refractivity contribution in [2.24, 2.45) is 0 Å². The number of hydrogen-bond donors (Lipinski definition) is 1. The lowest BCUT2D eigenvalue weighted by Crippen LogP contribution is -2.21. The minimum absolute atomic E-state index is 0.357. The summed E-state index contributed by atoms with van der Waals surface area (Å²) in [7, 11) is -1.49. The Morgan fingerprint density at radius 3 is 2.59 bits per heavy atom.